The Kier molecular flexibility index (Phi) is 5.70. The van der Waals surface area contributed by atoms with Crippen LogP contribution in [0.4, 0.5) is 4.39 Å². The van der Waals surface area contributed by atoms with E-state index in [1.165, 1.54) is 12.1 Å². The lowest BCUT2D eigenvalue weighted by Crippen LogP contribution is -2.42. The third-order valence-corrected chi connectivity index (χ3v) is 3.79. The Morgan fingerprint density at radius 2 is 2.19 bits per heavy atom. The number of likely N-dealkylation sites (tertiary alicyclic amines) is 1. The molecule has 1 amide bonds. The van der Waals surface area contributed by atoms with Crippen LogP contribution >= 0.6 is 0 Å². The summed E-state index contributed by atoms with van der Waals surface area (Å²) >= 11 is 0. The molecule has 1 aliphatic rings. The molecule has 21 heavy (non-hydrogen) atoms. The first-order valence-electron chi connectivity index (χ1n) is 7.38. The van der Waals surface area contributed by atoms with Gasteiger partial charge >= 0.3 is 0 Å². The van der Waals surface area contributed by atoms with Crippen LogP contribution in [-0.4, -0.2) is 43.7 Å². The number of hydrogen-bond acceptors (Lipinski definition) is 3. The van der Waals surface area contributed by atoms with Gasteiger partial charge in [0.1, 0.15) is 5.82 Å². The summed E-state index contributed by atoms with van der Waals surface area (Å²) in [5.41, 5.74) is 1.08. The van der Waals surface area contributed by atoms with E-state index in [9.17, 15) is 9.18 Å². The first-order chi connectivity index (χ1) is 10.1. The molecule has 2 unspecified atom stereocenters. The van der Waals surface area contributed by atoms with Gasteiger partial charge in [-0.2, -0.15) is 0 Å². The van der Waals surface area contributed by atoms with E-state index in [0.29, 0.717) is 13.2 Å². The van der Waals surface area contributed by atoms with Gasteiger partial charge in [-0.1, -0.05) is 12.1 Å². The summed E-state index contributed by atoms with van der Waals surface area (Å²) in [6.07, 6.45) is 2.06. The van der Waals surface area contributed by atoms with Gasteiger partial charge in [0.2, 0.25) is 5.91 Å². The molecule has 1 N–H and O–H groups in total. The molecule has 1 heterocycles. The number of nitrogens with one attached hydrogen (secondary N) is 1. The second kappa shape index (κ2) is 7.52. The quantitative estimate of drug-likeness (QED) is 0.874. The Balaban J connectivity index is 1.92. The fourth-order valence-electron chi connectivity index (χ4n) is 2.87. The van der Waals surface area contributed by atoms with Gasteiger partial charge in [0, 0.05) is 19.2 Å². The van der Waals surface area contributed by atoms with Crippen molar-refractivity contribution in [3.05, 3.63) is 35.6 Å². The molecule has 0 aliphatic carbocycles. The predicted octanol–water partition coefficient (Wildman–Crippen LogP) is 2.11. The highest BCUT2D eigenvalue weighted by molar-refractivity contribution is 5.78. The first-order valence-corrected chi connectivity index (χ1v) is 7.38. The molecule has 1 aromatic carbocycles. The maximum atomic E-state index is 13.0. The number of hydrogen-bond donors (Lipinski definition) is 1. The number of halogens is 1. The zero-order valence-corrected chi connectivity index (χ0v) is 12.6. The van der Waals surface area contributed by atoms with Gasteiger partial charge in [-0.3, -0.25) is 9.69 Å². The SMILES string of the molecule is COCC(C)NC(=O)CN1CCCC1c1ccc(F)cc1. The van der Waals surface area contributed by atoms with E-state index in [0.717, 1.165) is 24.9 Å². The highest BCUT2D eigenvalue weighted by atomic mass is 19.1. The average molecular weight is 294 g/mol. The Hall–Kier alpha value is -1.46. The van der Waals surface area contributed by atoms with Gasteiger partial charge in [-0.25, -0.2) is 4.39 Å². The molecule has 2 rings (SSSR count). The van der Waals surface area contributed by atoms with Crippen molar-refractivity contribution in [2.24, 2.45) is 0 Å². The summed E-state index contributed by atoms with van der Waals surface area (Å²) in [4.78, 5) is 14.2. The van der Waals surface area contributed by atoms with Gasteiger partial charge in [0.25, 0.3) is 0 Å². The van der Waals surface area contributed by atoms with Crippen LogP contribution in [0.2, 0.25) is 0 Å². The minimum atomic E-state index is -0.227. The largest absolute Gasteiger partial charge is 0.383 e. The van der Waals surface area contributed by atoms with Gasteiger partial charge in [-0.15, -0.1) is 0 Å². The van der Waals surface area contributed by atoms with Crippen LogP contribution in [0.3, 0.4) is 0 Å². The fourth-order valence-corrected chi connectivity index (χ4v) is 2.87. The van der Waals surface area contributed by atoms with E-state index in [-0.39, 0.29) is 23.8 Å². The molecule has 4 nitrogen and oxygen atoms in total. The lowest BCUT2D eigenvalue weighted by Gasteiger charge is -2.25. The number of amides is 1. The first kappa shape index (κ1) is 15.9. The van der Waals surface area contributed by atoms with Crippen molar-refractivity contribution in [1.82, 2.24) is 10.2 Å². The van der Waals surface area contributed by atoms with E-state index >= 15 is 0 Å². The molecule has 1 aliphatic heterocycles. The Labute approximate surface area is 125 Å². The van der Waals surface area contributed by atoms with Crippen molar-refractivity contribution in [3.63, 3.8) is 0 Å². The van der Waals surface area contributed by atoms with Gasteiger partial charge in [0.15, 0.2) is 0 Å². The molecular weight excluding hydrogens is 271 g/mol. The number of ether oxygens (including phenoxy) is 1. The van der Waals surface area contributed by atoms with E-state index in [4.69, 9.17) is 4.74 Å². The van der Waals surface area contributed by atoms with E-state index in [2.05, 4.69) is 10.2 Å². The van der Waals surface area contributed by atoms with Crippen molar-refractivity contribution in [2.45, 2.75) is 31.8 Å². The van der Waals surface area contributed by atoms with Crippen LogP contribution in [0.15, 0.2) is 24.3 Å². The molecule has 0 aromatic heterocycles. The van der Waals surface area contributed by atoms with Gasteiger partial charge in [0.05, 0.1) is 13.2 Å². The summed E-state index contributed by atoms with van der Waals surface area (Å²) < 4.78 is 18.0. The van der Waals surface area contributed by atoms with Gasteiger partial charge in [-0.05, 0) is 44.0 Å². The minimum Gasteiger partial charge on any atom is -0.383 e. The summed E-state index contributed by atoms with van der Waals surface area (Å²) in [6.45, 7) is 3.69. The molecule has 0 spiro atoms. The smallest absolute Gasteiger partial charge is 0.234 e. The normalized spacial score (nSPS) is 20.4. The van der Waals surface area contributed by atoms with Crippen LogP contribution in [-0.2, 0) is 9.53 Å². The van der Waals surface area contributed by atoms with Crippen molar-refractivity contribution in [3.8, 4) is 0 Å². The van der Waals surface area contributed by atoms with Crippen molar-refractivity contribution < 1.29 is 13.9 Å². The summed E-state index contributed by atoms with van der Waals surface area (Å²) in [5.74, 6) is -0.219. The number of rotatable bonds is 6. The maximum absolute atomic E-state index is 13.0. The Bertz CT molecular complexity index is 464. The van der Waals surface area contributed by atoms with E-state index in [1.807, 2.05) is 19.1 Å². The average Bonchev–Trinajstić information content (AvgIpc) is 2.87. The molecule has 116 valence electrons. The lowest BCUT2D eigenvalue weighted by molar-refractivity contribution is -0.123. The summed E-state index contributed by atoms with van der Waals surface area (Å²) in [5, 5.41) is 2.92. The number of carbonyl (C=O) groups excluding carboxylic acids is 1. The van der Waals surface area contributed by atoms with Crippen LogP contribution in [0.5, 0.6) is 0 Å². The third-order valence-electron chi connectivity index (χ3n) is 3.79. The molecule has 1 fully saturated rings. The van der Waals surface area contributed by atoms with Crippen LogP contribution < -0.4 is 5.32 Å². The molecule has 5 heteroatoms. The van der Waals surface area contributed by atoms with Crippen molar-refractivity contribution in [1.29, 1.82) is 0 Å². The molecule has 0 bridgehead atoms. The number of nitrogens with zero attached hydrogens (tertiary/aromatic N) is 1. The molecule has 0 radical (unpaired) electrons. The Morgan fingerprint density at radius 3 is 2.86 bits per heavy atom. The topological polar surface area (TPSA) is 41.6 Å². The summed E-state index contributed by atoms with van der Waals surface area (Å²) in [7, 11) is 1.62. The minimum absolute atomic E-state index is 0.00793. The van der Waals surface area contributed by atoms with Crippen LogP contribution in [0.25, 0.3) is 0 Å². The van der Waals surface area contributed by atoms with Crippen molar-refractivity contribution in [2.75, 3.05) is 26.8 Å². The van der Waals surface area contributed by atoms with Gasteiger partial charge < -0.3 is 10.1 Å². The van der Waals surface area contributed by atoms with E-state index in [1.54, 1.807) is 7.11 Å². The number of methoxy groups -OCH3 is 1. The second-order valence-corrected chi connectivity index (χ2v) is 5.60. The monoisotopic (exact) mass is 294 g/mol. The highest BCUT2D eigenvalue weighted by Crippen LogP contribution is 2.31. The predicted molar refractivity (Wildman–Crippen MR) is 79.4 cm³/mol. The molecule has 1 saturated heterocycles. The summed E-state index contributed by atoms with van der Waals surface area (Å²) in [6, 6.07) is 6.79. The molecule has 1 aromatic rings. The fraction of sp³-hybridized carbons (Fsp3) is 0.562. The Morgan fingerprint density at radius 1 is 1.48 bits per heavy atom. The number of carbonyl (C=O) groups is 1. The standard InChI is InChI=1S/C16H23FN2O2/c1-12(11-21-2)18-16(20)10-19-9-3-4-15(19)13-5-7-14(17)8-6-13/h5-8,12,15H,3-4,9-11H2,1-2H3,(H,18,20). The van der Waals surface area contributed by atoms with Crippen LogP contribution in [0.1, 0.15) is 31.4 Å². The molecule has 2 atom stereocenters. The second-order valence-electron chi connectivity index (χ2n) is 5.60. The zero-order chi connectivity index (χ0) is 15.2. The lowest BCUT2D eigenvalue weighted by atomic mass is 10.0. The van der Waals surface area contributed by atoms with Crippen molar-refractivity contribution >= 4 is 5.91 Å². The van der Waals surface area contributed by atoms with Crippen LogP contribution in [0, 0.1) is 5.82 Å². The van der Waals surface area contributed by atoms with E-state index < -0.39 is 0 Å². The third kappa shape index (κ3) is 4.51. The zero-order valence-electron chi connectivity index (χ0n) is 12.6. The maximum Gasteiger partial charge on any atom is 0.234 e. The highest BCUT2D eigenvalue weighted by Gasteiger charge is 2.27. The molecular formula is C16H23FN2O2. The number of benzene rings is 1. The molecule has 0 saturated carbocycles.